The second-order valence-electron chi connectivity index (χ2n) is 6.35. The van der Waals surface area contributed by atoms with Crippen LogP contribution in [0, 0.1) is 0 Å². The van der Waals surface area contributed by atoms with Crippen molar-refractivity contribution >= 4 is 35.0 Å². The van der Waals surface area contributed by atoms with Crippen molar-refractivity contribution in [3.05, 3.63) is 45.4 Å². The highest BCUT2D eigenvalue weighted by Gasteiger charge is 2.18. The van der Waals surface area contributed by atoms with E-state index < -0.39 is 5.91 Å². The molecule has 0 aliphatic carbocycles. The average molecular weight is 455 g/mol. The van der Waals surface area contributed by atoms with E-state index in [0.29, 0.717) is 42.7 Å². The molecule has 0 saturated carbocycles. The molecule has 3 rings (SSSR count). The molecule has 0 aromatic heterocycles. The molecule has 8 nitrogen and oxygen atoms in total. The zero-order chi connectivity index (χ0) is 21.7. The molecule has 1 heterocycles. The number of nitrogens with one attached hydrogen (secondary N) is 1. The smallest absolute Gasteiger partial charge is 0.255 e. The van der Waals surface area contributed by atoms with E-state index in [9.17, 15) is 9.59 Å². The van der Waals surface area contributed by atoms with Gasteiger partial charge in [-0.15, -0.1) is 0 Å². The molecule has 1 aliphatic heterocycles. The van der Waals surface area contributed by atoms with Crippen molar-refractivity contribution in [1.82, 2.24) is 5.32 Å². The maximum atomic E-state index is 12.5. The molecule has 0 fully saturated rings. The van der Waals surface area contributed by atoms with Gasteiger partial charge in [0, 0.05) is 12.1 Å². The van der Waals surface area contributed by atoms with Crippen LogP contribution < -0.4 is 30.0 Å². The maximum Gasteiger partial charge on any atom is 0.255 e. The molecule has 2 aromatic carbocycles. The Hall–Kier alpha value is -2.84. The fourth-order valence-electron chi connectivity index (χ4n) is 2.87. The highest BCUT2D eigenvalue weighted by molar-refractivity contribution is 6.33. The van der Waals surface area contributed by atoms with Crippen LogP contribution in [0.25, 0.3) is 0 Å². The number of primary amides is 1. The van der Waals surface area contributed by atoms with Crippen molar-refractivity contribution in [2.24, 2.45) is 5.73 Å². The third kappa shape index (κ3) is 5.20. The van der Waals surface area contributed by atoms with E-state index >= 15 is 0 Å². The van der Waals surface area contributed by atoms with Gasteiger partial charge in [0.25, 0.3) is 11.8 Å². The standard InChI is InChI=1S/C20H20Cl2N2O6/c1-27-15-9-12(8-14(22)18(15)30-10-17(23)25)20(26)24-3-2-11-6-13(21)19-16(7-11)28-4-5-29-19/h6-9H,2-5,10H2,1H3,(H2,23,25)(H,24,26). The van der Waals surface area contributed by atoms with Gasteiger partial charge in [0.1, 0.15) is 13.2 Å². The predicted octanol–water partition coefficient (Wildman–Crippen LogP) is 2.61. The Kier molecular flexibility index (Phi) is 7.12. The zero-order valence-electron chi connectivity index (χ0n) is 16.1. The second-order valence-corrected chi connectivity index (χ2v) is 7.17. The van der Waals surface area contributed by atoms with Gasteiger partial charge in [0.2, 0.25) is 0 Å². The van der Waals surface area contributed by atoms with Crippen LogP contribution in [0.3, 0.4) is 0 Å². The monoisotopic (exact) mass is 454 g/mol. The van der Waals surface area contributed by atoms with Crippen LogP contribution >= 0.6 is 23.2 Å². The first-order chi connectivity index (χ1) is 14.4. The molecule has 0 unspecified atom stereocenters. The normalized spacial score (nSPS) is 12.2. The van der Waals surface area contributed by atoms with Gasteiger partial charge in [-0.2, -0.15) is 0 Å². The molecular formula is C20H20Cl2N2O6. The van der Waals surface area contributed by atoms with E-state index in [1.165, 1.54) is 19.2 Å². The van der Waals surface area contributed by atoms with Gasteiger partial charge in [-0.25, -0.2) is 0 Å². The van der Waals surface area contributed by atoms with Crippen LogP contribution in [0.5, 0.6) is 23.0 Å². The van der Waals surface area contributed by atoms with E-state index in [2.05, 4.69) is 5.32 Å². The summed E-state index contributed by atoms with van der Waals surface area (Å²) in [6, 6.07) is 6.53. The molecule has 10 heteroatoms. The van der Waals surface area contributed by atoms with E-state index in [0.717, 1.165) is 5.56 Å². The van der Waals surface area contributed by atoms with Crippen LogP contribution in [0.4, 0.5) is 0 Å². The molecule has 0 atom stereocenters. The summed E-state index contributed by atoms with van der Waals surface area (Å²) in [4.78, 5) is 23.4. The summed E-state index contributed by atoms with van der Waals surface area (Å²) in [5.41, 5.74) is 6.25. The second kappa shape index (κ2) is 9.77. The van der Waals surface area contributed by atoms with Gasteiger partial charge in [-0.05, 0) is 36.2 Å². The largest absolute Gasteiger partial charge is 0.493 e. The maximum absolute atomic E-state index is 12.5. The van der Waals surface area contributed by atoms with Crippen molar-refractivity contribution in [2.75, 3.05) is 33.5 Å². The first kappa shape index (κ1) is 21.9. The molecule has 3 N–H and O–H groups in total. The molecule has 1 aliphatic rings. The summed E-state index contributed by atoms with van der Waals surface area (Å²) in [7, 11) is 1.40. The summed E-state index contributed by atoms with van der Waals surface area (Å²) in [6.07, 6.45) is 0.534. The summed E-state index contributed by atoms with van der Waals surface area (Å²) in [5, 5.41) is 3.41. The first-order valence-corrected chi connectivity index (χ1v) is 9.79. The van der Waals surface area contributed by atoms with Gasteiger partial charge in [-0.3, -0.25) is 9.59 Å². The van der Waals surface area contributed by atoms with Crippen LogP contribution in [0.15, 0.2) is 24.3 Å². The number of carbonyl (C=O) groups excluding carboxylic acids is 2. The SMILES string of the molecule is COc1cc(C(=O)NCCc2cc(Cl)c3c(c2)OCCO3)cc(Cl)c1OCC(N)=O. The predicted molar refractivity (Wildman–Crippen MR) is 111 cm³/mol. The zero-order valence-corrected chi connectivity index (χ0v) is 17.6. The highest BCUT2D eigenvalue weighted by Crippen LogP contribution is 2.38. The molecule has 0 saturated heterocycles. The Morgan fingerprint density at radius 1 is 1.13 bits per heavy atom. The van der Waals surface area contributed by atoms with Crippen molar-refractivity contribution in [1.29, 1.82) is 0 Å². The summed E-state index contributed by atoms with van der Waals surface area (Å²) >= 11 is 12.4. The number of hydrogen-bond acceptors (Lipinski definition) is 6. The molecular weight excluding hydrogens is 435 g/mol. The molecule has 2 aromatic rings. The van der Waals surface area contributed by atoms with Crippen LogP contribution in [0.2, 0.25) is 10.0 Å². The number of fused-ring (bicyclic) bond motifs is 1. The van der Waals surface area contributed by atoms with Gasteiger partial charge in [0.15, 0.2) is 29.6 Å². The third-order valence-electron chi connectivity index (χ3n) is 4.21. The van der Waals surface area contributed by atoms with Crippen molar-refractivity contribution < 1.29 is 28.5 Å². The molecule has 30 heavy (non-hydrogen) atoms. The molecule has 2 amide bonds. The fourth-order valence-corrected chi connectivity index (χ4v) is 3.42. The van der Waals surface area contributed by atoms with Crippen LogP contribution in [0.1, 0.15) is 15.9 Å². The molecule has 0 radical (unpaired) electrons. The summed E-state index contributed by atoms with van der Waals surface area (Å²) in [6.45, 7) is 0.917. The fraction of sp³-hybridized carbons (Fsp3) is 0.300. The minimum atomic E-state index is -0.658. The number of benzene rings is 2. The summed E-state index contributed by atoms with van der Waals surface area (Å²) < 4.78 is 21.5. The lowest BCUT2D eigenvalue weighted by atomic mass is 10.1. The van der Waals surface area contributed by atoms with Gasteiger partial charge in [0.05, 0.1) is 17.2 Å². The topological polar surface area (TPSA) is 109 Å². The number of rotatable bonds is 8. The first-order valence-electron chi connectivity index (χ1n) is 9.04. The molecule has 0 bridgehead atoms. The highest BCUT2D eigenvalue weighted by atomic mass is 35.5. The van der Waals surface area contributed by atoms with E-state index in [1.807, 2.05) is 6.07 Å². The Balaban J connectivity index is 1.64. The minimum absolute atomic E-state index is 0.124. The van der Waals surface area contributed by atoms with E-state index in [1.54, 1.807) is 6.07 Å². The number of carbonyl (C=O) groups is 2. The lowest BCUT2D eigenvalue weighted by molar-refractivity contribution is -0.119. The van der Waals surface area contributed by atoms with Crippen LogP contribution in [-0.4, -0.2) is 45.3 Å². The Morgan fingerprint density at radius 2 is 1.90 bits per heavy atom. The Bertz CT molecular complexity index is 967. The number of nitrogens with two attached hydrogens (primary N) is 1. The van der Waals surface area contributed by atoms with Gasteiger partial charge >= 0.3 is 0 Å². The number of amides is 2. The van der Waals surface area contributed by atoms with Crippen molar-refractivity contribution in [3.8, 4) is 23.0 Å². The van der Waals surface area contributed by atoms with Crippen LogP contribution in [-0.2, 0) is 11.2 Å². The number of halogens is 2. The quantitative estimate of drug-likeness (QED) is 0.634. The van der Waals surface area contributed by atoms with Gasteiger partial charge in [-0.1, -0.05) is 23.2 Å². The third-order valence-corrected chi connectivity index (χ3v) is 4.77. The van der Waals surface area contributed by atoms with E-state index in [4.69, 9.17) is 47.9 Å². The molecule has 0 spiro atoms. The number of hydrogen-bond donors (Lipinski definition) is 2. The lowest BCUT2D eigenvalue weighted by Crippen LogP contribution is -2.26. The van der Waals surface area contributed by atoms with Gasteiger partial charge < -0.3 is 30.0 Å². The minimum Gasteiger partial charge on any atom is -0.493 e. The Labute approximate surface area is 183 Å². The lowest BCUT2D eigenvalue weighted by Gasteiger charge is -2.20. The average Bonchev–Trinajstić information content (AvgIpc) is 2.72. The van der Waals surface area contributed by atoms with Crippen molar-refractivity contribution in [3.63, 3.8) is 0 Å². The molecule has 160 valence electrons. The van der Waals surface area contributed by atoms with E-state index in [-0.39, 0.29) is 34.6 Å². The van der Waals surface area contributed by atoms with Crippen molar-refractivity contribution in [2.45, 2.75) is 6.42 Å². The summed E-state index contributed by atoms with van der Waals surface area (Å²) in [5.74, 6) is 0.483. The number of methoxy groups -OCH3 is 1. The number of ether oxygens (including phenoxy) is 4. The Morgan fingerprint density at radius 3 is 2.63 bits per heavy atom.